The number of hydrogen-bond donors (Lipinski definition) is 1. The number of nitrogens with zero attached hydrogens (tertiary/aromatic N) is 1. The van der Waals surface area contributed by atoms with E-state index < -0.39 is 0 Å². The number of fused-ring (bicyclic) bond motifs is 1. The molecular formula is C11H11ClN2OS. The van der Waals surface area contributed by atoms with Crippen molar-refractivity contribution in [2.45, 2.75) is 13.0 Å². The second kappa shape index (κ2) is 4.80. The number of carbonyl (C=O) groups is 1. The van der Waals surface area contributed by atoms with Crippen molar-refractivity contribution in [1.29, 1.82) is 0 Å². The van der Waals surface area contributed by atoms with E-state index in [0.717, 1.165) is 15.8 Å². The number of alkyl halides is 1. The molecule has 0 fully saturated rings. The standard InChI is InChI=1S/C11H11ClN2OS/c1-7(14-11(15)5-12)8-2-3-9-10(4-8)16-6-13-9/h2-4,6-7H,5H2,1H3,(H,14,15). The number of nitrogens with one attached hydrogen (secondary N) is 1. The molecule has 2 rings (SSSR count). The summed E-state index contributed by atoms with van der Waals surface area (Å²) in [5.74, 6) is -0.161. The summed E-state index contributed by atoms with van der Waals surface area (Å²) in [5, 5.41) is 2.82. The summed E-state index contributed by atoms with van der Waals surface area (Å²) in [7, 11) is 0. The zero-order valence-corrected chi connectivity index (χ0v) is 10.3. The summed E-state index contributed by atoms with van der Waals surface area (Å²) in [5.41, 5.74) is 3.87. The van der Waals surface area contributed by atoms with Gasteiger partial charge in [0.1, 0.15) is 5.88 Å². The minimum Gasteiger partial charge on any atom is -0.349 e. The maximum absolute atomic E-state index is 11.2. The van der Waals surface area contributed by atoms with Gasteiger partial charge >= 0.3 is 0 Å². The van der Waals surface area contributed by atoms with E-state index in [0.29, 0.717) is 0 Å². The van der Waals surface area contributed by atoms with E-state index in [1.165, 1.54) is 0 Å². The Hall–Kier alpha value is -1.13. The van der Waals surface area contributed by atoms with Crippen LogP contribution < -0.4 is 5.32 Å². The molecule has 0 aliphatic carbocycles. The van der Waals surface area contributed by atoms with Crippen molar-refractivity contribution in [3.05, 3.63) is 29.3 Å². The van der Waals surface area contributed by atoms with Crippen LogP contribution in [-0.2, 0) is 4.79 Å². The van der Waals surface area contributed by atoms with Crippen molar-refractivity contribution >= 4 is 39.1 Å². The fourth-order valence-corrected chi connectivity index (χ4v) is 2.31. The fourth-order valence-electron chi connectivity index (χ4n) is 1.50. The van der Waals surface area contributed by atoms with Crippen molar-refractivity contribution < 1.29 is 4.79 Å². The lowest BCUT2D eigenvalue weighted by Gasteiger charge is -2.13. The molecule has 0 saturated carbocycles. The molecule has 2 aromatic rings. The third-order valence-electron chi connectivity index (χ3n) is 2.35. The summed E-state index contributed by atoms with van der Waals surface area (Å²) in [6.07, 6.45) is 0. The molecule has 3 nitrogen and oxygen atoms in total. The minimum absolute atomic E-state index is 0.00680. The van der Waals surface area contributed by atoms with Crippen molar-refractivity contribution in [3.63, 3.8) is 0 Å². The Bertz CT molecular complexity index is 511. The lowest BCUT2D eigenvalue weighted by Crippen LogP contribution is -2.27. The molecule has 1 aromatic carbocycles. The summed E-state index contributed by atoms with van der Waals surface area (Å²) in [4.78, 5) is 15.4. The topological polar surface area (TPSA) is 42.0 Å². The van der Waals surface area contributed by atoms with Crippen molar-refractivity contribution in [2.24, 2.45) is 0 Å². The second-order valence-electron chi connectivity index (χ2n) is 3.50. The number of hydrogen-bond acceptors (Lipinski definition) is 3. The Morgan fingerprint density at radius 2 is 2.44 bits per heavy atom. The van der Waals surface area contributed by atoms with E-state index in [4.69, 9.17) is 11.6 Å². The van der Waals surface area contributed by atoms with Crippen LogP contribution >= 0.6 is 22.9 Å². The maximum Gasteiger partial charge on any atom is 0.235 e. The first-order chi connectivity index (χ1) is 7.70. The van der Waals surface area contributed by atoms with E-state index in [2.05, 4.69) is 10.3 Å². The van der Waals surface area contributed by atoms with Gasteiger partial charge in [-0.3, -0.25) is 4.79 Å². The van der Waals surface area contributed by atoms with E-state index in [1.807, 2.05) is 30.6 Å². The van der Waals surface area contributed by atoms with Crippen molar-refractivity contribution in [1.82, 2.24) is 10.3 Å². The van der Waals surface area contributed by atoms with Gasteiger partial charge in [0.05, 0.1) is 21.8 Å². The van der Waals surface area contributed by atoms with Gasteiger partial charge in [-0.05, 0) is 24.6 Å². The highest BCUT2D eigenvalue weighted by atomic mass is 35.5. The predicted octanol–water partition coefficient (Wildman–Crippen LogP) is 2.71. The molecule has 0 spiro atoms. The molecule has 1 heterocycles. The minimum atomic E-state index is -0.154. The molecule has 1 amide bonds. The lowest BCUT2D eigenvalue weighted by molar-refractivity contribution is -0.119. The fraction of sp³-hybridized carbons (Fsp3) is 0.273. The normalized spacial score (nSPS) is 12.6. The molecule has 16 heavy (non-hydrogen) atoms. The number of carbonyl (C=O) groups excluding carboxylic acids is 1. The molecule has 0 aliphatic rings. The van der Waals surface area contributed by atoms with Crippen LogP contribution in [0.15, 0.2) is 23.7 Å². The highest BCUT2D eigenvalue weighted by Crippen LogP contribution is 2.22. The van der Waals surface area contributed by atoms with Crippen LogP contribution in [0.3, 0.4) is 0 Å². The molecule has 84 valence electrons. The van der Waals surface area contributed by atoms with Crippen LogP contribution in [0.25, 0.3) is 10.2 Å². The van der Waals surface area contributed by atoms with Gasteiger partial charge in [0.2, 0.25) is 5.91 Å². The van der Waals surface area contributed by atoms with E-state index in [1.54, 1.807) is 11.3 Å². The first-order valence-electron chi connectivity index (χ1n) is 4.89. The Balaban J connectivity index is 2.22. The van der Waals surface area contributed by atoms with Crippen LogP contribution in [0, 0.1) is 0 Å². The van der Waals surface area contributed by atoms with Gasteiger partial charge in [-0.2, -0.15) is 0 Å². The molecule has 1 aromatic heterocycles. The molecule has 1 N–H and O–H groups in total. The summed E-state index contributed by atoms with van der Waals surface area (Å²) < 4.78 is 1.13. The second-order valence-corrected chi connectivity index (χ2v) is 4.66. The highest BCUT2D eigenvalue weighted by molar-refractivity contribution is 7.16. The highest BCUT2D eigenvalue weighted by Gasteiger charge is 2.09. The number of amides is 1. The molecule has 0 saturated heterocycles. The molecule has 5 heteroatoms. The first-order valence-corrected chi connectivity index (χ1v) is 6.30. The number of aromatic nitrogens is 1. The molecule has 0 bridgehead atoms. The summed E-state index contributed by atoms with van der Waals surface area (Å²) >= 11 is 7.03. The zero-order valence-electron chi connectivity index (χ0n) is 8.74. The monoisotopic (exact) mass is 254 g/mol. The van der Waals surface area contributed by atoms with E-state index in [-0.39, 0.29) is 17.8 Å². The molecule has 1 atom stereocenters. The smallest absolute Gasteiger partial charge is 0.235 e. The Morgan fingerprint density at radius 1 is 1.62 bits per heavy atom. The van der Waals surface area contributed by atoms with Gasteiger partial charge in [-0.15, -0.1) is 22.9 Å². The molecule has 0 aliphatic heterocycles. The first kappa shape index (κ1) is 11.4. The number of thiazole rings is 1. The quantitative estimate of drug-likeness (QED) is 0.856. The molecular weight excluding hydrogens is 244 g/mol. The maximum atomic E-state index is 11.2. The van der Waals surface area contributed by atoms with Crippen LogP contribution in [-0.4, -0.2) is 16.8 Å². The van der Waals surface area contributed by atoms with Crippen LogP contribution in [0.4, 0.5) is 0 Å². The predicted molar refractivity (Wildman–Crippen MR) is 66.9 cm³/mol. The van der Waals surface area contributed by atoms with Crippen LogP contribution in [0.1, 0.15) is 18.5 Å². The van der Waals surface area contributed by atoms with Gasteiger partial charge in [0, 0.05) is 0 Å². The van der Waals surface area contributed by atoms with Crippen molar-refractivity contribution in [2.75, 3.05) is 5.88 Å². The Morgan fingerprint density at radius 3 is 3.19 bits per heavy atom. The number of rotatable bonds is 3. The third kappa shape index (κ3) is 2.33. The largest absolute Gasteiger partial charge is 0.349 e. The summed E-state index contributed by atoms with van der Waals surface area (Å²) in [6, 6.07) is 5.95. The average Bonchev–Trinajstić information content (AvgIpc) is 2.75. The van der Waals surface area contributed by atoms with Crippen LogP contribution in [0.2, 0.25) is 0 Å². The number of halogens is 1. The molecule has 0 radical (unpaired) electrons. The van der Waals surface area contributed by atoms with E-state index in [9.17, 15) is 4.79 Å². The number of benzene rings is 1. The Kier molecular flexibility index (Phi) is 3.41. The lowest BCUT2D eigenvalue weighted by atomic mass is 10.1. The summed E-state index contributed by atoms with van der Waals surface area (Å²) in [6.45, 7) is 1.94. The third-order valence-corrected chi connectivity index (χ3v) is 3.39. The SMILES string of the molecule is CC(NC(=O)CCl)c1ccc2ncsc2c1. The zero-order chi connectivity index (χ0) is 11.5. The Labute approximate surface area is 102 Å². The van der Waals surface area contributed by atoms with Gasteiger partial charge < -0.3 is 5.32 Å². The van der Waals surface area contributed by atoms with Gasteiger partial charge in [0.15, 0.2) is 0 Å². The van der Waals surface area contributed by atoms with E-state index >= 15 is 0 Å². The van der Waals surface area contributed by atoms with Crippen LogP contribution in [0.5, 0.6) is 0 Å². The van der Waals surface area contributed by atoms with Gasteiger partial charge in [-0.1, -0.05) is 6.07 Å². The van der Waals surface area contributed by atoms with Gasteiger partial charge in [0.25, 0.3) is 0 Å². The average molecular weight is 255 g/mol. The molecule has 1 unspecified atom stereocenters. The van der Waals surface area contributed by atoms with Gasteiger partial charge in [-0.25, -0.2) is 4.98 Å². The van der Waals surface area contributed by atoms with Crippen molar-refractivity contribution in [3.8, 4) is 0 Å².